The third-order valence-corrected chi connectivity index (χ3v) is 3.11. The number of benzene rings is 1. The number of hydrogen-bond acceptors (Lipinski definition) is 3. The average molecular weight is 253 g/mol. The van der Waals surface area contributed by atoms with E-state index in [0.717, 1.165) is 0 Å². The fourth-order valence-electron chi connectivity index (χ4n) is 1.29. The van der Waals surface area contributed by atoms with Crippen LogP contribution >= 0.6 is 0 Å². The standard InChI is InChI=1S/C14H20FNO2/c1-10(17)12-8-11(15)6-7-13(12)18-9-14(2,3)16(4)5/h6-8H,9H2,1-5H3. The Balaban J connectivity index is 2.89. The molecule has 0 aromatic heterocycles. The topological polar surface area (TPSA) is 29.5 Å². The van der Waals surface area contributed by atoms with Crippen LogP contribution in [0.25, 0.3) is 0 Å². The first-order chi connectivity index (χ1) is 8.24. The summed E-state index contributed by atoms with van der Waals surface area (Å²) in [5, 5.41) is 0. The largest absolute Gasteiger partial charge is 0.491 e. The van der Waals surface area contributed by atoms with Gasteiger partial charge in [-0.1, -0.05) is 0 Å². The molecular formula is C14H20FNO2. The zero-order valence-corrected chi connectivity index (χ0v) is 11.6. The minimum atomic E-state index is -0.431. The Morgan fingerprint density at radius 2 is 2.00 bits per heavy atom. The van der Waals surface area contributed by atoms with E-state index in [-0.39, 0.29) is 16.9 Å². The maximum absolute atomic E-state index is 13.1. The maximum Gasteiger partial charge on any atom is 0.163 e. The number of hydrogen-bond donors (Lipinski definition) is 0. The van der Waals surface area contributed by atoms with Crippen molar-refractivity contribution in [2.24, 2.45) is 0 Å². The van der Waals surface area contributed by atoms with Gasteiger partial charge in [0.1, 0.15) is 18.2 Å². The number of carbonyl (C=O) groups is 1. The van der Waals surface area contributed by atoms with E-state index < -0.39 is 5.82 Å². The zero-order chi connectivity index (χ0) is 13.9. The summed E-state index contributed by atoms with van der Waals surface area (Å²) >= 11 is 0. The quantitative estimate of drug-likeness (QED) is 0.756. The molecule has 3 nitrogen and oxygen atoms in total. The van der Waals surface area contributed by atoms with Crippen LogP contribution in [0, 0.1) is 5.82 Å². The third kappa shape index (κ3) is 3.53. The lowest BCUT2D eigenvalue weighted by molar-refractivity contribution is 0.0987. The summed E-state index contributed by atoms with van der Waals surface area (Å²) < 4.78 is 18.7. The first kappa shape index (κ1) is 14.6. The second kappa shape index (κ2) is 5.48. The summed E-state index contributed by atoms with van der Waals surface area (Å²) in [4.78, 5) is 13.5. The molecular weight excluding hydrogens is 233 g/mol. The van der Waals surface area contributed by atoms with Gasteiger partial charge in [-0.2, -0.15) is 0 Å². The van der Waals surface area contributed by atoms with E-state index in [9.17, 15) is 9.18 Å². The molecule has 4 heteroatoms. The molecule has 0 unspecified atom stereocenters. The number of ketones is 1. The summed E-state index contributed by atoms with van der Waals surface area (Å²) in [5.41, 5.74) is 0.118. The SMILES string of the molecule is CC(=O)c1cc(F)ccc1OCC(C)(C)N(C)C. The van der Waals surface area contributed by atoms with Crippen molar-refractivity contribution in [1.29, 1.82) is 0 Å². The Labute approximate surface area is 108 Å². The van der Waals surface area contributed by atoms with Crippen LogP contribution in [-0.4, -0.2) is 36.9 Å². The predicted octanol–water partition coefficient (Wildman–Crippen LogP) is 2.75. The van der Waals surface area contributed by atoms with Crippen molar-refractivity contribution in [2.75, 3.05) is 20.7 Å². The summed E-state index contributed by atoms with van der Waals surface area (Å²) in [6.07, 6.45) is 0. The molecule has 1 aromatic rings. The lowest BCUT2D eigenvalue weighted by atomic mass is 10.1. The minimum absolute atomic E-state index is 0.164. The molecule has 0 saturated carbocycles. The van der Waals surface area contributed by atoms with Gasteiger partial charge < -0.3 is 9.64 Å². The second-order valence-electron chi connectivity index (χ2n) is 5.19. The van der Waals surface area contributed by atoms with Crippen molar-refractivity contribution in [2.45, 2.75) is 26.3 Å². The van der Waals surface area contributed by atoms with Crippen LogP contribution in [0.4, 0.5) is 4.39 Å². The summed E-state index contributed by atoms with van der Waals surface area (Å²) in [6, 6.07) is 4.00. The first-order valence-electron chi connectivity index (χ1n) is 5.85. The van der Waals surface area contributed by atoms with Crippen LogP contribution in [0.2, 0.25) is 0 Å². The van der Waals surface area contributed by atoms with Crippen molar-refractivity contribution in [3.05, 3.63) is 29.6 Å². The Hall–Kier alpha value is -1.42. The van der Waals surface area contributed by atoms with Crippen molar-refractivity contribution in [3.63, 3.8) is 0 Å². The molecule has 0 bridgehead atoms. The van der Waals surface area contributed by atoms with E-state index in [2.05, 4.69) is 0 Å². The van der Waals surface area contributed by atoms with E-state index >= 15 is 0 Å². The Morgan fingerprint density at radius 3 is 2.50 bits per heavy atom. The molecule has 0 fully saturated rings. The predicted molar refractivity (Wildman–Crippen MR) is 69.7 cm³/mol. The van der Waals surface area contributed by atoms with Crippen molar-refractivity contribution in [3.8, 4) is 5.75 Å². The number of nitrogens with zero attached hydrogens (tertiary/aromatic N) is 1. The molecule has 0 amide bonds. The van der Waals surface area contributed by atoms with Crippen molar-refractivity contribution >= 4 is 5.78 Å². The Morgan fingerprint density at radius 1 is 1.39 bits per heavy atom. The number of ether oxygens (including phenoxy) is 1. The van der Waals surface area contributed by atoms with E-state index in [1.165, 1.54) is 25.1 Å². The lowest BCUT2D eigenvalue weighted by Gasteiger charge is -2.32. The highest BCUT2D eigenvalue weighted by molar-refractivity contribution is 5.96. The van der Waals surface area contributed by atoms with E-state index in [1.807, 2.05) is 32.8 Å². The number of halogens is 1. The smallest absolute Gasteiger partial charge is 0.163 e. The second-order valence-corrected chi connectivity index (χ2v) is 5.19. The van der Waals surface area contributed by atoms with Crippen LogP contribution in [0.3, 0.4) is 0 Å². The van der Waals surface area contributed by atoms with Crippen LogP contribution in [0.1, 0.15) is 31.1 Å². The van der Waals surface area contributed by atoms with Gasteiger partial charge in [-0.05, 0) is 53.1 Å². The zero-order valence-electron chi connectivity index (χ0n) is 11.6. The number of carbonyl (C=O) groups excluding carboxylic acids is 1. The molecule has 0 aliphatic rings. The van der Waals surface area contributed by atoms with Gasteiger partial charge in [-0.15, -0.1) is 0 Å². The molecule has 1 aromatic carbocycles. The van der Waals surface area contributed by atoms with Crippen LogP contribution in [0.5, 0.6) is 5.75 Å². The molecule has 18 heavy (non-hydrogen) atoms. The van der Waals surface area contributed by atoms with Crippen molar-refractivity contribution < 1.29 is 13.9 Å². The molecule has 100 valence electrons. The van der Waals surface area contributed by atoms with Gasteiger partial charge >= 0.3 is 0 Å². The molecule has 0 spiro atoms. The van der Waals surface area contributed by atoms with Gasteiger partial charge in [0, 0.05) is 5.54 Å². The fraction of sp³-hybridized carbons (Fsp3) is 0.500. The van der Waals surface area contributed by atoms with Gasteiger partial charge in [0.15, 0.2) is 5.78 Å². The summed E-state index contributed by atoms with van der Waals surface area (Å²) in [7, 11) is 3.92. The van der Waals surface area contributed by atoms with E-state index in [4.69, 9.17) is 4.74 Å². The molecule has 0 atom stereocenters. The highest BCUT2D eigenvalue weighted by Crippen LogP contribution is 2.22. The first-order valence-corrected chi connectivity index (χ1v) is 5.85. The lowest BCUT2D eigenvalue weighted by Crippen LogP contribution is -2.43. The van der Waals surface area contributed by atoms with Gasteiger partial charge in [-0.25, -0.2) is 4.39 Å². The van der Waals surface area contributed by atoms with Gasteiger partial charge in [0.2, 0.25) is 0 Å². The molecule has 0 heterocycles. The van der Waals surface area contributed by atoms with Gasteiger partial charge in [-0.3, -0.25) is 4.79 Å². The fourth-order valence-corrected chi connectivity index (χ4v) is 1.29. The third-order valence-electron chi connectivity index (χ3n) is 3.11. The highest BCUT2D eigenvalue weighted by atomic mass is 19.1. The Bertz CT molecular complexity index is 441. The molecule has 0 aliphatic carbocycles. The Kier molecular flexibility index (Phi) is 4.46. The molecule has 0 aliphatic heterocycles. The summed E-state index contributed by atoms with van der Waals surface area (Å²) in [5.74, 6) is -0.203. The van der Waals surface area contributed by atoms with Gasteiger partial charge in [0.25, 0.3) is 0 Å². The average Bonchev–Trinajstić information content (AvgIpc) is 2.27. The van der Waals surface area contributed by atoms with Crippen LogP contribution in [0.15, 0.2) is 18.2 Å². The molecule has 1 rings (SSSR count). The number of Topliss-reactive ketones (excluding diaryl/α,β-unsaturated/α-hetero) is 1. The van der Waals surface area contributed by atoms with Crippen molar-refractivity contribution in [1.82, 2.24) is 4.90 Å². The van der Waals surface area contributed by atoms with Crippen LogP contribution < -0.4 is 4.74 Å². The molecule has 0 radical (unpaired) electrons. The molecule has 0 N–H and O–H groups in total. The normalized spacial score (nSPS) is 11.7. The highest BCUT2D eigenvalue weighted by Gasteiger charge is 2.22. The number of rotatable bonds is 5. The van der Waals surface area contributed by atoms with Gasteiger partial charge in [0.05, 0.1) is 5.56 Å². The summed E-state index contributed by atoms with van der Waals surface area (Å²) in [6.45, 7) is 5.89. The minimum Gasteiger partial charge on any atom is -0.491 e. The maximum atomic E-state index is 13.1. The van der Waals surface area contributed by atoms with E-state index in [1.54, 1.807) is 0 Å². The number of likely N-dealkylation sites (N-methyl/N-ethyl adjacent to an activating group) is 1. The molecule has 0 saturated heterocycles. The van der Waals surface area contributed by atoms with E-state index in [0.29, 0.717) is 12.4 Å². The monoisotopic (exact) mass is 253 g/mol. The van der Waals surface area contributed by atoms with Crippen LogP contribution in [-0.2, 0) is 0 Å².